The van der Waals surface area contributed by atoms with Gasteiger partial charge in [0.25, 0.3) is 0 Å². The first-order valence-electron chi connectivity index (χ1n) is 43.9. The Balaban J connectivity index is 0.000000188. The molecular weight excluding hydrogens is 1590 g/mol. The minimum atomic E-state index is -0.0216. The van der Waals surface area contributed by atoms with Gasteiger partial charge in [0.05, 0.1) is 0 Å². The molecule has 0 spiro atoms. The number of benzene rings is 12. The molecule has 0 saturated heterocycles. The fraction of sp³-hybridized carbons (Fsp3) is 0.357. The predicted molar refractivity (Wildman–Crippen MR) is 547 cm³/mol. The topological polar surface area (TPSA) is 49.9 Å². The van der Waals surface area contributed by atoms with E-state index in [1.807, 2.05) is 18.2 Å². The standard InChI is InChI=1S/C31H42NOP.2C28H36NOP.C25H30NOP/c1-22-15-16-27(24(17-22)20-32(8)9)34-28-19-25(30(2,3)4)18-26(31(5,6)7)29(28)33-21-23-13-11-10-12-14-23;1-20-13-14-25(23(15-20)18-29(6)7)31-26-17-24(28(3,4)5)16-21(2)27(26)30-19-22-11-9-8-10-12-22;1-20-13-14-25(23(15-20)18-29(6)7)31-26-17-21(2)16-24(28(3,4)5)27(26)30-19-22-11-9-8-10-12-22;1-18-11-12-23(22(14-18)16-26(4)5)28-24-15-19(2)13-20(3)25(24)27-17-21-9-7-6-8-10-21/h10-19,34H,20-21H2,1-9H3;2*8-17,31H,18-19H2,1-7H3;6-15,28H,16-17H2,1-5H3. The second-order valence-corrected chi connectivity index (χ2v) is 44.2. The molecule has 12 aromatic carbocycles. The Kier molecular flexibility index (Phi) is 36.6. The fourth-order valence-electron chi connectivity index (χ4n) is 14.9. The molecule has 0 bridgehead atoms. The average molecular weight is 1730 g/mol. The van der Waals surface area contributed by atoms with Crippen molar-refractivity contribution in [3.63, 3.8) is 0 Å². The molecule has 0 heterocycles. The molecule has 124 heavy (non-hydrogen) atoms. The van der Waals surface area contributed by atoms with E-state index >= 15 is 0 Å². The van der Waals surface area contributed by atoms with Crippen molar-refractivity contribution in [3.05, 3.63) is 354 Å². The van der Waals surface area contributed by atoms with Crippen molar-refractivity contribution in [2.45, 2.75) is 213 Å². The number of nitrogens with zero attached hydrogens (tertiary/aromatic N) is 4. The summed E-state index contributed by atoms with van der Waals surface area (Å²) in [5.74, 6) is 4.17. The van der Waals surface area contributed by atoms with E-state index in [0.29, 0.717) is 60.8 Å². The molecule has 12 rings (SSSR count). The maximum absolute atomic E-state index is 6.66. The van der Waals surface area contributed by atoms with E-state index in [1.165, 1.54) is 154 Å². The van der Waals surface area contributed by atoms with E-state index in [0.717, 1.165) is 49.2 Å². The van der Waals surface area contributed by atoms with Crippen LogP contribution in [0.2, 0.25) is 0 Å². The zero-order valence-electron chi connectivity index (χ0n) is 80.2. The summed E-state index contributed by atoms with van der Waals surface area (Å²) in [6, 6.07) is 87.7. The van der Waals surface area contributed by atoms with Crippen LogP contribution in [0.1, 0.15) is 194 Å². The third-order valence-electron chi connectivity index (χ3n) is 21.3. The van der Waals surface area contributed by atoms with Gasteiger partial charge in [-0.3, -0.25) is 0 Å². The highest BCUT2D eigenvalue weighted by Crippen LogP contribution is 2.40. The molecule has 4 unspecified atom stereocenters. The second-order valence-electron chi connectivity index (χ2n) is 38.9. The minimum Gasteiger partial charge on any atom is -0.488 e. The van der Waals surface area contributed by atoms with Gasteiger partial charge < -0.3 is 38.5 Å². The summed E-state index contributed by atoms with van der Waals surface area (Å²) in [6.07, 6.45) is 0. The quantitative estimate of drug-likeness (QED) is 0.0450. The molecule has 12 heteroatoms. The Morgan fingerprint density at radius 2 is 0.468 bits per heavy atom. The number of hydrogen-bond donors (Lipinski definition) is 0. The SMILES string of the molecule is Cc1ccc(Pc2cc(C(C)(C)C)cc(C(C)(C)C)c2OCc2ccccc2)c(CN(C)C)c1.Cc1ccc(Pc2cc(C(C)(C)C)cc(C)c2OCc2ccccc2)c(CN(C)C)c1.Cc1ccc(Pc2cc(C)cc(C(C)(C)C)c2OCc2ccccc2)c(CN(C)C)c1.Cc1ccc(Pc2cc(C)cc(C)c2OCc2ccccc2)c(CN(C)C)c1. The maximum atomic E-state index is 6.66. The zero-order chi connectivity index (χ0) is 90.4. The Labute approximate surface area is 756 Å². The summed E-state index contributed by atoms with van der Waals surface area (Å²) < 4.78 is 26.0. The summed E-state index contributed by atoms with van der Waals surface area (Å²) in [5.41, 5.74) is 26.1. The van der Waals surface area contributed by atoms with E-state index in [-0.39, 0.29) is 21.7 Å². The maximum Gasteiger partial charge on any atom is 0.131 e. The lowest BCUT2D eigenvalue weighted by molar-refractivity contribution is 0.300. The van der Waals surface area contributed by atoms with Crippen LogP contribution in [-0.4, -0.2) is 76.0 Å². The van der Waals surface area contributed by atoms with Gasteiger partial charge in [0.2, 0.25) is 0 Å². The van der Waals surface area contributed by atoms with E-state index in [1.54, 1.807) is 0 Å². The summed E-state index contributed by atoms with van der Waals surface area (Å²) in [5, 5.41) is 10.8. The largest absolute Gasteiger partial charge is 0.488 e. The van der Waals surface area contributed by atoms with Gasteiger partial charge in [0, 0.05) is 58.5 Å². The number of aryl methyl sites for hydroxylation is 8. The highest BCUT2D eigenvalue weighted by Gasteiger charge is 2.29. The van der Waals surface area contributed by atoms with Crippen molar-refractivity contribution in [2.75, 3.05) is 56.4 Å². The number of rotatable bonds is 28. The van der Waals surface area contributed by atoms with E-state index in [4.69, 9.17) is 18.9 Å². The molecule has 0 saturated carbocycles. The van der Waals surface area contributed by atoms with E-state index in [9.17, 15) is 0 Å². The molecular formula is C112H144N4O4P4. The van der Waals surface area contributed by atoms with Gasteiger partial charge in [-0.05, 0) is 257 Å². The van der Waals surface area contributed by atoms with Crippen LogP contribution in [0.15, 0.2) is 243 Å². The minimum absolute atomic E-state index is 0.0109. The summed E-state index contributed by atoms with van der Waals surface area (Å²) in [7, 11) is 19.3. The van der Waals surface area contributed by atoms with Gasteiger partial charge in [-0.25, -0.2) is 0 Å². The smallest absolute Gasteiger partial charge is 0.131 e. The molecule has 0 fully saturated rings. The summed E-state index contributed by atoms with van der Waals surface area (Å²) >= 11 is 0. The fourth-order valence-corrected chi connectivity index (χ4v) is 20.5. The Morgan fingerprint density at radius 1 is 0.226 bits per heavy atom. The van der Waals surface area contributed by atoms with Crippen molar-refractivity contribution >= 4 is 76.8 Å². The van der Waals surface area contributed by atoms with Gasteiger partial charge in [-0.15, -0.1) is 0 Å². The van der Waals surface area contributed by atoms with Gasteiger partial charge in [0.15, 0.2) is 0 Å². The van der Waals surface area contributed by atoms with Gasteiger partial charge >= 0.3 is 0 Å². The van der Waals surface area contributed by atoms with Crippen LogP contribution in [0.4, 0.5) is 0 Å². The van der Waals surface area contributed by atoms with Gasteiger partial charge in [-0.1, -0.05) is 358 Å². The van der Waals surface area contributed by atoms with Crippen LogP contribution in [0, 0.1) is 55.4 Å². The van der Waals surface area contributed by atoms with Crippen LogP contribution in [0.25, 0.3) is 0 Å². The third kappa shape index (κ3) is 30.9. The highest BCUT2D eigenvalue weighted by atomic mass is 31.1. The van der Waals surface area contributed by atoms with E-state index in [2.05, 4.69) is 439 Å². The molecule has 0 aliphatic carbocycles. The highest BCUT2D eigenvalue weighted by molar-refractivity contribution is 7.57. The van der Waals surface area contributed by atoms with Crippen LogP contribution in [-0.2, 0) is 74.3 Å². The van der Waals surface area contributed by atoms with Gasteiger partial charge in [0.1, 0.15) is 49.4 Å². The Morgan fingerprint density at radius 3 is 0.750 bits per heavy atom. The first kappa shape index (κ1) is 99.2. The summed E-state index contributed by atoms with van der Waals surface area (Å²) in [6.45, 7) is 50.9. The van der Waals surface area contributed by atoms with Crippen LogP contribution >= 0.6 is 34.3 Å². The lowest BCUT2D eigenvalue weighted by Crippen LogP contribution is -2.24. The predicted octanol–water partition coefficient (Wildman–Crippen LogP) is 23.5. The van der Waals surface area contributed by atoms with Crippen molar-refractivity contribution in [2.24, 2.45) is 0 Å². The van der Waals surface area contributed by atoms with Gasteiger partial charge in [-0.2, -0.15) is 0 Å². The van der Waals surface area contributed by atoms with Crippen LogP contribution < -0.4 is 61.4 Å². The average Bonchev–Trinajstić information content (AvgIpc) is 0.771. The normalized spacial score (nSPS) is 12.1. The molecule has 0 radical (unpaired) electrons. The van der Waals surface area contributed by atoms with E-state index < -0.39 is 0 Å². The number of ether oxygens (including phenoxy) is 4. The molecule has 0 aliphatic heterocycles. The molecule has 0 aromatic heterocycles. The molecule has 4 atom stereocenters. The van der Waals surface area contributed by atoms with Crippen molar-refractivity contribution < 1.29 is 18.9 Å². The van der Waals surface area contributed by atoms with Crippen LogP contribution in [0.3, 0.4) is 0 Å². The number of hydrogen-bond acceptors (Lipinski definition) is 8. The molecule has 656 valence electrons. The van der Waals surface area contributed by atoms with Crippen molar-refractivity contribution in [3.8, 4) is 23.0 Å². The molecule has 0 aliphatic rings. The summed E-state index contributed by atoms with van der Waals surface area (Å²) in [4.78, 5) is 8.97. The Bertz CT molecular complexity index is 5370. The lowest BCUT2D eigenvalue weighted by atomic mass is 9.80. The second kappa shape index (κ2) is 45.7. The molecule has 8 nitrogen and oxygen atoms in total. The first-order chi connectivity index (χ1) is 58.5. The lowest BCUT2D eigenvalue weighted by Gasteiger charge is -2.30. The van der Waals surface area contributed by atoms with Crippen molar-refractivity contribution in [1.82, 2.24) is 19.6 Å². The monoisotopic (exact) mass is 1730 g/mol. The zero-order valence-corrected chi connectivity index (χ0v) is 84.2. The first-order valence-corrected chi connectivity index (χ1v) is 47.9. The molecule has 12 aromatic rings. The Hall–Kier alpha value is -8.60. The molecule has 0 amide bonds. The van der Waals surface area contributed by atoms with Crippen molar-refractivity contribution in [1.29, 1.82) is 0 Å². The van der Waals surface area contributed by atoms with Crippen LogP contribution in [0.5, 0.6) is 23.0 Å². The molecule has 0 N–H and O–H groups in total. The third-order valence-corrected chi connectivity index (χ3v) is 26.9.